The summed E-state index contributed by atoms with van der Waals surface area (Å²) in [5, 5.41) is 52.2. The molecule has 0 amide bonds. The van der Waals surface area contributed by atoms with Crippen molar-refractivity contribution in [3.63, 3.8) is 0 Å². The molecule has 8 N–H and O–H groups in total. The Morgan fingerprint density at radius 3 is 1.13 bits per heavy atom. The molecule has 9 nitrogen and oxygen atoms in total. The summed E-state index contributed by atoms with van der Waals surface area (Å²) in [5.41, 5.74) is 11.0. The summed E-state index contributed by atoms with van der Waals surface area (Å²) in [6, 6.07) is 0. The van der Waals surface area contributed by atoms with Crippen LogP contribution >= 0.6 is 0 Å². The molecule has 0 heterocycles. The van der Waals surface area contributed by atoms with Gasteiger partial charge in [0.1, 0.15) is 35.5 Å². The monoisotopic (exact) mass is 226 g/mol. The second-order valence-corrected chi connectivity index (χ2v) is 2.59. The van der Waals surface area contributed by atoms with Gasteiger partial charge in [-0.25, -0.2) is 0 Å². The first-order valence-corrected chi connectivity index (χ1v) is 3.93. The van der Waals surface area contributed by atoms with E-state index in [0.29, 0.717) is 0 Å². The Bertz CT molecular complexity index is 172. The number of aliphatic hydroxyl groups is 6. The first kappa shape index (κ1) is 16.5. The van der Waals surface area contributed by atoms with Crippen LogP contribution in [0.1, 0.15) is 0 Å². The molecule has 0 aromatic carbocycles. The zero-order chi connectivity index (χ0) is 12.4. The van der Waals surface area contributed by atoms with Crippen LogP contribution in [0.25, 0.3) is 0 Å². The number of nitrogens with zero attached hydrogens (tertiary/aromatic N) is 1. The fourth-order valence-corrected chi connectivity index (χ4v) is 0.671. The molecule has 4 atom stereocenters. The van der Waals surface area contributed by atoms with Crippen molar-refractivity contribution in [1.82, 2.24) is 4.91 Å². The third kappa shape index (κ3) is 7.05. The predicted octanol–water partition coefficient (Wildman–Crippen LogP) is -3.47. The average molecular weight is 226 g/mol. The molecule has 0 spiro atoms. The highest BCUT2D eigenvalue weighted by molar-refractivity contribution is 4.79. The van der Waals surface area contributed by atoms with E-state index in [0.717, 1.165) is 0 Å². The van der Waals surface area contributed by atoms with Gasteiger partial charge in [0.25, 0.3) is 0 Å². The van der Waals surface area contributed by atoms with E-state index in [4.69, 9.17) is 41.7 Å². The highest BCUT2D eigenvalue weighted by atomic mass is 16.4. The number of aliphatic hydroxyl groups excluding tert-OH is 6. The number of hydrogen-bond acceptors (Lipinski definition) is 8. The molecule has 15 heavy (non-hydrogen) atoms. The Labute approximate surface area is 85.3 Å². The van der Waals surface area contributed by atoms with E-state index >= 15 is 0 Å². The maximum atomic E-state index is 8.96. The molecular formula is C6H16N3O6+. The first-order chi connectivity index (χ1) is 6.95. The molecule has 0 radical (unpaired) electrons. The summed E-state index contributed by atoms with van der Waals surface area (Å²) in [7, 11) is 0. The normalized spacial score (nSPS) is 17.7. The standard InChI is InChI=1S/C6H14O6.H2N3/c7-1-3(9)5(11)6(12)4(10)2-8;1-3-2/h3-12H,1-2H2;1-2H/q;+1. The molecule has 0 aromatic heterocycles. The highest BCUT2D eigenvalue weighted by Gasteiger charge is 2.29. The molecule has 0 aliphatic carbocycles. The summed E-state index contributed by atoms with van der Waals surface area (Å²) in [6.45, 7) is -1.45. The number of hydrogen-bond donors (Lipinski definition) is 8. The van der Waals surface area contributed by atoms with Crippen LogP contribution in [-0.2, 0) is 0 Å². The lowest BCUT2D eigenvalue weighted by Gasteiger charge is -2.24. The Morgan fingerprint density at radius 2 is 1.00 bits per heavy atom. The van der Waals surface area contributed by atoms with Crippen LogP contribution in [-0.4, -0.2) is 68.3 Å². The minimum atomic E-state index is -1.67. The molecule has 0 saturated heterocycles. The van der Waals surface area contributed by atoms with Crippen molar-refractivity contribution in [2.75, 3.05) is 13.2 Å². The molecular weight excluding hydrogens is 210 g/mol. The van der Waals surface area contributed by atoms with Gasteiger partial charge in [-0.2, -0.15) is 0 Å². The molecule has 0 aromatic rings. The number of nitrogens with one attached hydrogen (secondary N) is 2. The van der Waals surface area contributed by atoms with Crippen molar-refractivity contribution < 1.29 is 30.6 Å². The van der Waals surface area contributed by atoms with E-state index in [9.17, 15) is 0 Å². The van der Waals surface area contributed by atoms with E-state index in [1.807, 2.05) is 4.91 Å². The smallest absolute Gasteiger partial charge is 0.211 e. The van der Waals surface area contributed by atoms with Crippen LogP contribution in [0.5, 0.6) is 0 Å². The van der Waals surface area contributed by atoms with Crippen LogP contribution in [0, 0.1) is 11.1 Å². The topological polar surface area (TPSA) is 183 Å². The third-order valence-electron chi connectivity index (χ3n) is 1.51. The summed E-state index contributed by atoms with van der Waals surface area (Å²) in [6.07, 6.45) is -6.39. The van der Waals surface area contributed by atoms with Gasteiger partial charge in [-0.1, -0.05) is 0 Å². The van der Waals surface area contributed by atoms with Crippen molar-refractivity contribution >= 4 is 0 Å². The Hall–Kier alpha value is -0.930. The van der Waals surface area contributed by atoms with Crippen molar-refractivity contribution in [2.45, 2.75) is 24.4 Å². The minimum absolute atomic E-state index is 0.726. The van der Waals surface area contributed by atoms with Gasteiger partial charge >= 0.3 is 0 Å². The van der Waals surface area contributed by atoms with Crippen molar-refractivity contribution in [1.29, 1.82) is 11.1 Å². The maximum Gasteiger partial charge on any atom is 0.211 e. The Balaban J connectivity index is 0. The van der Waals surface area contributed by atoms with E-state index in [1.54, 1.807) is 0 Å². The molecule has 0 rings (SSSR count). The van der Waals surface area contributed by atoms with Gasteiger partial charge in [0.2, 0.25) is 4.91 Å². The molecule has 0 bridgehead atoms. The lowest BCUT2D eigenvalue weighted by molar-refractivity contribution is -0.123. The lowest BCUT2D eigenvalue weighted by atomic mass is 10.0. The van der Waals surface area contributed by atoms with Crippen LogP contribution in [0.15, 0.2) is 0 Å². The number of rotatable bonds is 5. The van der Waals surface area contributed by atoms with Gasteiger partial charge in [0, 0.05) is 0 Å². The zero-order valence-electron chi connectivity index (χ0n) is 7.85. The summed E-state index contributed by atoms with van der Waals surface area (Å²) >= 11 is 0. The van der Waals surface area contributed by atoms with Gasteiger partial charge in [0.05, 0.1) is 13.2 Å². The van der Waals surface area contributed by atoms with Crippen LogP contribution < -0.4 is 4.91 Å². The van der Waals surface area contributed by atoms with E-state index < -0.39 is 37.6 Å². The maximum absolute atomic E-state index is 8.96. The Kier molecular flexibility index (Phi) is 10.6. The minimum Gasteiger partial charge on any atom is -0.394 e. The van der Waals surface area contributed by atoms with Crippen molar-refractivity contribution in [2.24, 2.45) is 0 Å². The second kappa shape index (κ2) is 9.62. The molecule has 0 fully saturated rings. The van der Waals surface area contributed by atoms with Gasteiger partial charge in [-0.05, 0) is 0 Å². The van der Waals surface area contributed by atoms with E-state index in [-0.39, 0.29) is 0 Å². The molecule has 0 saturated carbocycles. The Morgan fingerprint density at radius 1 is 0.800 bits per heavy atom. The molecule has 4 unspecified atom stereocenters. The summed E-state index contributed by atoms with van der Waals surface area (Å²) in [5.74, 6) is 0. The van der Waals surface area contributed by atoms with E-state index in [2.05, 4.69) is 0 Å². The van der Waals surface area contributed by atoms with Crippen LogP contribution in [0.4, 0.5) is 0 Å². The predicted molar refractivity (Wildman–Crippen MR) is 45.8 cm³/mol. The largest absolute Gasteiger partial charge is 0.394 e. The van der Waals surface area contributed by atoms with Crippen LogP contribution in [0.2, 0.25) is 0 Å². The summed E-state index contributed by atoms with van der Waals surface area (Å²) < 4.78 is 0. The van der Waals surface area contributed by atoms with Gasteiger partial charge < -0.3 is 30.6 Å². The van der Waals surface area contributed by atoms with E-state index in [1.165, 1.54) is 0 Å². The molecule has 0 aliphatic heterocycles. The molecule has 0 aliphatic rings. The quantitative estimate of drug-likeness (QED) is 0.178. The van der Waals surface area contributed by atoms with Gasteiger partial charge in [-0.15, -0.1) is 0 Å². The van der Waals surface area contributed by atoms with Gasteiger partial charge in [-0.3, -0.25) is 0 Å². The molecule has 9 heteroatoms. The zero-order valence-corrected chi connectivity index (χ0v) is 7.85. The SMILES string of the molecule is N=[N+]=N.OCC(O)C(O)C(O)C(O)CO. The fourth-order valence-electron chi connectivity index (χ4n) is 0.671. The molecule has 90 valence electrons. The van der Waals surface area contributed by atoms with Crippen LogP contribution in [0.3, 0.4) is 0 Å². The third-order valence-corrected chi connectivity index (χ3v) is 1.51. The lowest BCUT2D eigenvalue weighted by Crippen LogP contribution is -2.46. The van der Waals surface area contributed by atoms with Crippen molar-refractivity contribution in [3.05, 3.63) is 0 Å². The van der Waals surface area contributed by atoms with Crippen molar-refractivity contribution in [3.8, 4) is 0 Å². The first-order valence-electron chi connectivity index (χ1n) is 3.93. The summed E-state index contributed by atoms with van der Waals surface area (Å²) in [4.78, 5) is 2.00. The second-order valence-electron chi connectivity index (χ2n) is 2.59. The van der Waals surface area contributed by atoms with Gasteiger partial charge in [0.15, 0.2) is 0 Å². The fraction of sp³-hybridized carbons (Fsp3) is 1.00. The average Bonchev–Trinajstić information content (AvgIpc) is 2.25. The highest BCUT2D eigenvalue weighted by Crippen LogP contribution is 2.03.